The molecule has 0 aliphatic carbocycles. The van der Waals surface area contributed by atoms with Gasteiger partial charge in [-0.15, -0.1) is 0 Å². The Bertz CT molecular complexity index is 345. The van der Waals surface area contributed by atoms with Crippen molar-refractivity contribution in [3.8, 4) is 0 Å². The minimum Gasteiger partial charge on any atom is -0.397 e. The first kappa shape index (κ1) is 13.7. The standard InChI is InChI=1S/C11H17BrN2OS/c1-7(11(6-15)16-2)14-10-5-8(12)3-4-9(10)13/h3-5,7,11,14-15H,6,13H2,1-2H3. The van der Waals surface area contributed by atoms with Crippen LogP contribution in [-0.2, 0) is 0 Å². The van der Waals surface area contributed by atoms with Crippen molar-refractivity contribution in [1.29, 1.82) is 0 Å². The number of aliphatic hydroxyl groups is 1. The van der Waals surface area contributed by atoms with Crippen LogP contribution in [0.4, 0.5) is 11.4 Å². The summed E-state index contributed by atoms with van der Waals surface area (Å²) in [5, 5.41) is 12.7. The number of nitrogen functional groups attached to an aromatic ring is 1. The summed E-state index contributed by atoms with van der Waals surface area (Å²) in [5.74, 6) is 0. The maximum atomic E-state index is 9.20. The number of anilines is 2. The Morgan fingerprint density at radius 2 is 2.25 bits per heavy atom. The third-order valence-corrected chi connectivity index (χ3v) is 4.09. The average Bonchev–Trinajstić information content (AvgIpc) is 2.25. The number of benzene rings is 1. The third-order valence-electron chi connectivity index (χ3n) is 2.44. The van der Waals surface area contributed by atoms with Crippen molar-refractivity contribution in [3.63, 3.8) is 0 Å². The molecule has 0 saturated heterocycles. The largest absolute Gasteiger partial charge is 0.397 e. The van der Waals surface area contributed by atoms with E-state index in [1.807, 2.05) is 31.4 Å². The van der Waals surface area contributed by atoms with Crippen molar-refractivity contribution in [2.24, 2.45) is 0 Å². The molecule has 0 amide bonds. The summed E-state index contributed by atoms with van der Waals surface area (Å²) in [6.45, 7) is 2.20. The monoisotopic (exact) mass is 304 g/mol. The Morgan fingerprint density at radius 1 is 1.56 bits per heavy atom. The zero-order chi connectivity index (χ0) is 12.1. The van der Waals surface area contributed by atoms with Gasteiger partial charge in [-0.1, -0.05) is 15.9 Å². The maximum absolute atomic E-state index is 9.20. The van der Waals surface area contributed by atoms with Gasteiger partial charge in [0.05, 0.1) is 18.0 Å². The van der Waals surface area contributed by atoms with Crippen molar-refractivity contribution in [2.75, 3.05) is 23.9 Å². The normalized spacial score (nSPS) is 14.5. The molecule has 0 aliphatic rings. The second-order valence-corrected chi connectivity index (χ2v) is 5.61. The average molecular weight is 305 g/mol. The summed E-state index contributed by atoms with van der Waals surface area (Å²) >= 11 is 5.05. The van der Waals surface area contributed by atoms with Crippen molar-refractivity contribution >= 4 is 39.1 Å². The first-order chi connectivity index (χ1) is 7.58. The molecule has 0 bridgehead atoms. The third kappa shape index (κ3) is 3.57. The van der Waals surface area contributed by atoms with Gasteiger partial charge in [0.1, 0.15) is 0 Å². The fourth-order valence-electron chi connectivity index (χ4n) is 1.43. The molecule has 0 fully saturated rings. The highest BCUT2D eigenvalue weighted by Gasteiger charge is 2.15. The van der Waals surface area contributed by atoms with Crippen LogP contribution in [0.5, 0.6) is 0 Å². The van der Waals surface area contributed by atoms with E-state index in [-0.39, 0.29) is 17.9 Å². The first-order valence-electron chi connectivity index (χ1n) is 5.03. The van der Waals surface area contributed by atoms with Gasteiger partial charge in [-0.3, -0.25) is 0 Å². The van der Waals surface area contributed by atoms with Gasteiger partial charge in [-0.05, 0) is 31.4 Å². The fraction of sp³-hybridized carbons (Fsp3) is 0.455. The van der Waals surface area contributed by atoms with E-state index in [0.29, 0.717) is 5.69 Å². The maximum Gasteiger partial charge on any atom is 0.0587 e. The van der Waals surface area contributed by atoms with Crippen LogP contribution in [0.15, 0.2) is 22.7 Å². The molecule has 0 saturated carbocycles. The SMILES string of the molecule is CSC(CO)C(C)Nc1cc(Br)ccc1N. The molecule has 1 rings (SSSR count). The lowest BCUT2D eigenvalue weighted by molar-refractivity contribution is 0.288. The number of aliphatic hydroxyl groups excluding tert-OH is 1. The molecule has 5 heteroatoms. The smallest absolute Gasteiger partial charge is 0.0587 e. The Kier molecular flexibility index (Phi) is 5.44. The second-order valence-electron chi connectivity index (χ2n) is 3.62. The van der Waals surface area contributed by atoms with Gasteiger partial charge in [0.2, 0.25) is 0 Å². The van der Waals surface area contributed by atoms with E-state index in [1.165, 1.54) is 0 Å². The molecule has 4 N–H and O–H groups in total. The molecule has 0 aliphatic heterocycles. The van der Waals surface area contributed by atoms with Gasteiger partial charge >= 0.3 is 0 Å². The number of thioether (sulfide) groups is 1. The van der Waals surface area contributed by atoms with Crippen LogP contribution < -0.4 is 11.1 Å². The molecule has 1 aromatic carbocycles. The van der Waals surface area contributed by atoms with E-state index in [4.69, 9.17) is 5.73 Å². The molecule has 0 spiro atoms. The minimum absolute atomic E-state index is 0.156. The predicted molar refractivity (Wildman–Crippen MR) is 76.0 cm³/mol. The van der Waals surface area contributed by atoms with E-state index >= 15 is 0 Å². The molecule has 0 heterocycles. The Morgan fingerprint density at radius 3 is 2.81 bits per heavy atom. The van der Waals surface area contributed by atoms with Crippen molar-refractivity contribution in [3.05, 3.63) is 22.7 Å². The number of nitrogens with one attached hydrogen (secondary N) is 1. The van der Waals surface area contributed by atoms with E-state index in [9.17, 15) is 5.11 Å². The van der Waals surface area contributed by atoms with E-state index < -0.39 is 0 Å². The minimum atomic E-state index is 0.156. The van der Waals surface area contributed by atoms with Gasteiger partial charge in [0, 0.05) is 15.8 Å². The predicted octanol–water partition coefficient (Wildman–Crippen LogP) is 2.56. The van der Waals surface area contributed by atoms with Gasteiger partial charge in [0.25, 0.3) is 0 Å². The van der Waals surface area contributed by atoms with Crippen LogP contribution >= 0.6 is 27.7 Å². The topological polar surface area (TPSA) is 58.3 Å². The molecule has 1 aromatic rings. The molecule has 90 valence electrons. The lowest BCUT2D eigenvalue weighted by Gasteiger charge is -2.23. The molecule has 2 atom stereocenters. The number of rotatable bonds is 5. The quantitative estimate of drug-likeness (QED) is 0.732. The summed E-state index contributed by atoms with van der Waals surface area (Å²) in [6.07, 6.45) is 1.99. The Labute approximate surface area is 109 Å². The lowest BCUT2D eigenvalue weighted by Crippen LogP contribution is -2.31. The summed E-state index contributed by atoms with van der Waals surface area (Å²) in [4.78, 5) is 0. The molecule has 0 aromatic heterocycles. The van der Waals surface area contributed by atoms with Gasteiger partial charge < -0.3 is 16.2 Å². The lowest BCUT2D eigenvalue weighted by atomic mass is 10.2. The van der Waals surface area contributed by atoms with Crippen LogP contribution in [-0.4, -0.2) is 29.3 Å². The molecule has 16 heavy (non-hydrogen) atoms. The van der Waals surface area contributed by atoms with Crippen LogP contribution in [0.2, 0.25) is 0 Å². The van der Waals surface area contributed by atoms with E-state index in [2.05, 4.69) is 21.2 Å². The molecule has 3 nitrogen and oxygen atoms in total. The first-order valence-corrected chi connectivity index (χ1v) is 7.11. The fourth-order valence-corrected chi connectivity index (χ4v) is 2.41. The molecule has 0 radical (unpaired) electrons. The van der Waals surface area contributed by atoms with Crippen LogP contribution in [0.25, 0.3) is 0 Å². The van der Waals surface area contributed by atoms with Crippen LogP contribution in [0, 0.1) is 0 Å². The van der Waals surface area contributed by atoms with Crippen molar-refractivity contribution in [1.82, 2.24) is 0 Å². The van der Waals surface area contributed by atoms with Crippen molar-refractivity contribution in [2.45, 2.75) is 18.2 Å². The highest BCUT2D eigenvalue weighted by Crippen LogP contribution is 2.25. The highest BCUT2D eigenvalue weighted by atomic mass is 79.9. The summed E-state index contributed by atoms with van der Waals surface area (Å²) in [6, 6.07) is 5.87. The zero-order valence-electron chi connectivity index (χ0n) is 9.40. The number of hydrogen-bond acceptors (Lipinski definition) is 4. The zero-order valence-corrected chi connectivity index (χ0v) is 11.8. The Balaban J connectivity index is 2.75. The van der Waals surface area contributed by atoms with E-state index in [0.717, 1.165) is 10.2 Å². The number of hydrogen-bond donors (Lipinski definition) is 3. The molecular formula is C11H17BrN2OS. The van der Waals surface area contributed by atoms with Gasteiger partial charge in [-0.25, -0.2) is 0 Å². The van der Waals surface area contributed by atoms with Gasteiger partial charge in [-0.2, -0.15) is 11.8 Å². The van der Waals surface area contributed by atoms with Crippen molar-refractivity contribution < 1.29 is 5.11 Å². The Hall–Kier alpha value is -0.390. The molecular weight excluding hydrogens is 288 g/mol. The summed E-state index contributed by atoms with van der Waals surface area (Å²) in [5.41, 5.74) is 7.48. The summed E-state index contributed by atoms with van der Waals surface area (Å²) in [7, 11) is 0. The van der Waals surface area contributed by atoms with Crippen LogP contribution in [0.3, 0.4) is 0 Å². The summed E-state index contributed by atoms with van der Waals surface area (Å²) < 4.78 is 0.987. The highest BCUT2D eigenvalue weighted by molar-refractivity contribution is 9.10. The second kappa shape index (κ2) is 6.37. The number of halogens is 1. The molecule has 2 unspecified atom stereocenters. The number of nitrogens with two attached hydrogens (primary N) is 1. The van der Waals surface area contributed by atoms with E-state index in [1.54, 1.807) is 11.8 Å². The van der Waals surface area contributed by atoms with Crippen LogP contribution in [0.1, 0.15) is 6.92 Å². The van der Waals surface area contributed by atoms with Gasteiger partial charge in [0.15, 0.2) is 0 Å².